The van der Waals surface area contributed by atoms with Crippen LogP contribution >= 0.6 is 0 Å². The van der Waals surface area contributed by atoms with Crippen molar-refractivity contribution in [2.24, 2.45) is 0 Å². The van der Waals surface area contributed by atoms with Gasteiger partial charge in [-0.2, -0.15) is 0 Å². The van der Waals surface area contributed by atoms with E-state index < -0.39 is 5.60 Å². The molecule has 2 aromatic carbocycles. The molecule has 2 heterocycles. The number of fused-ring (bicyclic) bond motifs is 1. The Kier molecular flexibility index (Phi) is 7.70. The van der Waals surface area contributed by atoms with Crippen molar-refractivity contribution in [3.63, 3.8) is 0 Å². The van der Waals surface area contributed by atoms with Gasteiger partial charge in [-0.05, 0) is 50.5 Å². The lowest BCUT2D eigenvalue weighted by Gasteiger charge is -2.37. The summed E-state index contributed by atoms with van der Waals surface area (Å²) in [6.45, 7) is 8.26. The lowest BCUT2D eigenvalue weighted by molar-refractivity contribution is -0.156. The van der Waals surface area contributed by atoms with Crippen LogP contribution in [0.4, 0.5) is 5.69 Å². The maximum atomic E-state index is 13.1. The van der Waals surface area contributed by atoms with Gasteiger partial charge in [0.15, 0.2) is 6.61 Å². The van der Waals surface area contributed by atoms with E-state index in [4.69, 9.17) is 9.47 Å². The van der Waals surface area contributed by atoms with Crippen molar-refractivity contribution in [3.05, 3.63) is 89.6 Å². The first kappa shape index (κ1) is 25.4. The van der Waals surface area contributed by atoms with Gasteiger partial charge in [-0.3, -0.25) is 14.5 Å². The molecule has 0 unspecified atom stereocenters. The maximum absolute atomic E-state index is 13.1. The van der Waals surface area contributed by atoms with Gasteiger partial charge in [0.1, 0.15) is 11.3 Å². The SMILES string of the molecule is C[C@H](c1ccccc1)N(Cc1ccccc1)[C@@H](CC(=O)OC(C)(C)C)c1cnc2c(c1)NC(=O)CO2. The summed E-state index contributed by atoms with van der Waals surface area (Å²) in [7, 11) is 0. The van der Waals surface area contributed by atoms with Crippen molar-refractivity contribution in [3.8, 4) is 5.88 Å². The molecule has 4 rings (SSSR count). The van der Waals surface area contributed by atoms with Crippen LogP contribution in [0.15, 0.2) is 72.9 Å². The highest BCUT2D eigenvalue weighted by atomic mass is 16.6. The summed E-state index contributed by atoms with van der Waals surface area (Å²) in [5, 5.41) is 2.84. The van der Waals surface area contributed by atoms with Crippen LogP contribution in [0.3, 0.4) is 0 Å². The van der Waals surface area contributed by atoms with Crippen LogP contribution in [0.25, 0.3) is 0 Å². The highest BCUT2D eigenvalue weighted by Crippen LogP contribution is 2.37. The topological polar surface area (TPSA) is 80.8 Å². The van der Waals surface area contributed by atoms with Crippen LogP contribution in [-0.4, -0.2) is 34.0 Å². The summed E-state index contributed by atoms with van der Waals surface area (Å²) >= 11 is 0. The first-order valence-corrected chi connectivity index (χ1v) is 12.2. The standard InChI is InChI=1S/C29H33N3O4/c1-20(22-13-9-6-10-14-22)32(18-21-11-7-5-8-12-21)25(16-27(34)36-29(2,3)4)23-15-24-28(30-17-23)35-19-26(33)31-24/h5-15,17,20,25H,16,18-19H2,1-4H3,(H,31,33)/t20-,25+/m1/s1. The van der Waals surface area contributed by atoms with Crippen LogP contribution in [0.1, 0.15) is 62.9 Å². The molecule has 1 aliphatic heterocycles. The molecule has 0 bridgehead atoms. The number of aromatic nitrogens is 1. The van der Waals surface area contributed by atoms with Gasteiger partial charge in [-0.15, -0.1) is 0 Å². The van der Waals surface area contributed by atoms with Crippen molar-refractivity contribution in [2.75, 3.05) is 11.9 Å². The number of pyridine rings is 1. The number of amides is 1. The van der Waals surface area contributed by atoms with E-state index in [9.17, 15) is 9.59 Å². The molecule has 1 N–H and O–H groups in total. The van der Waals surface area contributed by atoms with E-state index in [0.29, 0.717) is 18.1 Å². The fourth-order valence-electron chi connectivity index (χ4n) is 4.38. The Morgan fingerprint density at radius 1 is 1.08 bits per heavy atom. The molecule has 3 aromatic rings. The molecule has 2 atom stereocenters. The summed E-state index contributed by atoms with van der Waals surface area (Å²) in [6, 6.07) is 21.8. The third-order valence-corrected chi connectivity index (χ3v) is 6.04. The zero-order chi connectivity index (χ0) is 25.7. The Balaban J connectivity index is 1.77. The summed E-state index contributed by atoms with van der Waals surface area (Å²) in [4.78, 5) is 31.8. The first-order chi connectivity index (χ1) is 17.2. The van der Waals surface area contributed by atoms with E-state index in [1.54, 1.807) is 6.20 Å². The average molecular weight is 488 g/mol. The van der Waals surface area contributed by atoms with Crippen LogP contribution in [0.5, 0.6) is 5.88 Å². The predicted molar refractivity (Wildman–Crippen MR) is 138 cm³/mol. The number of hydrogen-bond donors (Lipinski definition) is 1. The molecule has 0 radical (unpaired) electrons. The number of anilines is 1. The van der Waals surface area contributed by atoms with Crippen molar-refractivity contribution >= 4 is 17.6 Å². The van der Waals surface area contributed by atoms with Gasteiger partial charge in [0, 0.05) is 24.8 Å². The monoisotopic (exact) mass is 487 g/mol. The number of carbonyl (C=O) groups is 2. The fourth-order valence-corrected chi connectivity index (χ4v) is 4.38. The Morgan fingerprint density at radius 2 is 1.75 bits per heavy atom. The molecule has 188 valence electrons. The third-order valence-electron chi connectivity index (χ3n) is 6.04. The van der Waals surface area contributed by atoms with Crippen LogP contribution < -0.4 is 10.1 Å². The Labute approximate surface area is 212 Å². The summed E-state index contributed by atoms with van der Waals surface area (Å²) in [5.41, 5.74) is 2.95. The molecule has 1 aliphatic rings. The molecule has 0 spiro atoms. The molecule has 1 amide bonds. The molecule has 7 heteroatoms. The fraction of sp³-hybridized carbons (Fsp3) is 0.345. The minimum absolute atomic E-state index is 0.0271. The van der Waals surface area contributed by atoms with Crippen LogP contribution in [-0.2, 0) is 20.9 Å². The van der Waals surface area contributed by atoms with Crippen molar-refractivity contribution < 1.29 is 19.1 Å². The van der Waals surface area contributed by atoms with Crippen molar-refractivity contribution in [1.29, 1.82) is 0 Å². The van der Waals surface area contributed by atoms with Gasteiger partial charge in [0.2, 0.25) is 5.88 Å². The van der Waals surface area contributed by atoms with Crippen LogP contribution in [0, 0.1) is 0 Å². The maximum Gasteiger partial charge on any atom is 0.308 e. The van der Waals surface area contributed by atoms with Crippen LogP contribution in [0.2, 0.25) is 0 Å². The van der Waals surface area contributed by atoms with Gasteiger partial charge in [-0.25, -0.2) is 4.98 Å². The lowest BCUT2D eigenvalue weighted by atomic mass is 9.97. The van der Waals surface area contributed by atoms with Gasteiger partial charge in [0.05, 0.1) is 6.42 Å². The van der Waals surface area contributed by atoms with Crippen molar-refractivity contribution in [2.45, 2.75) is 58.3 Å². The van der Waals surface area contributed by atoms with E-state index in [0.717, 1.165) is 16.7 Å². The number of benzene rings is 2. The minimum atomic E-state index is -0.604. The van der Waals surface area contributed by atoms with E-state index in [1.807, 2.05) is 63.2 Å². The molecular formula is C29H33N3O4. The zero-order valence-corrected chi connectivity index (χ0v) is 21.2. The molecule has 7 nitrogen and oxygen atoms in total. The van der Waals surface area contributed by atoms with Gasteiger partial charge in [0.25, 0.3) is 5.91 Å². The van der Waals surface area contributed by atoms with Crippen molar-refractivity contribution in [1.82, 2.24) is 9.88 Å². The third kappa shape index (κ3) is 6.49. The predicted octanol–water partition coefficient (Wildman–Crippen LogP) is 5.45. The van der Waals surface area contributed by atoms with E-state index >= 15 is 0 Å². The largest absolute Gasteiger partial charge is 0.466 e. The average Bonchev–Trinajstić information content (AvgIpc) is 2.85. The zero-order valence-electron chi connectivity index (χ0n) is 21.2. The Bertz CT molecular complexity index is 1190. The number of ether oxygens (including phenoxy) is 2. The number of nitrogens with zero attached hydrogens (tertiary/aromatic N) is 2. The number of rotatable bonds is 8. The Hall–Kier alpha value is -3.71. The number of hydrogen-bond acceptors (Lipinski definition) is 6. The Morgan fingerprint density at radius 3 is 2.42 bits per heavy atom. The second-order valence-corrected chi connectivity index (χ2v) is 10.0. The van der Waals surface area contributed by atoms with E-state index in [2.05, 4.69) is 46.4 Å². The minimum Gasteiger partial charge on any atom is -0.466 e. The second-order valence-electron chi connectivity index (χ2n) is 10.0. The smallest absolute Gasteiger partial charge is 0.308 e. The lowest BCUT2D eigenvalue weighted by Crippen LogP contribution is -2.35. The first-order valence-electron chi connectivity index (χ1n) is 12.2. The summed E-state index contributed by atoms with van der Waals surface area (Å²) in [6.07, 6.45) is 1.84. The highest BCUT2D eigenvalue weighted by molar-refractivity contribution is 5.94. The van der Waals surface area contributed by atoms with Gasteiger partial charge < -0.3 is 14.8 Å². The molecule has 1 aromatic heterocycles. The molecular weight excluding hydrogens is 454 g/mol. The quantitative estimate of drug-likeness (QED) is 0.426. The molecule has 0 saturated carbocycles. The summed E-state index contributed by atoms with van der Waals surface area (Å²) < 4.78 is 11.2. The van der Waals surface area contributed by atoms with E-state index in [-0.39, 0.29) is 37.0 Å². The van der Waals surface area contributed by atoms with E-state index in [1.165, 1.54) is 0 Å². The molecule has 0 fully saturated rings. The molecule has 36 heavy (non-hydrogen) atoms. The highest BCUT2D eigenvalue weighted by Gasteiger charge is 2.32. The molecule has 0 saturated heterocycles. The van der Waals surface area contributed by atoms with Gasteiger partial charge in [-0.1, -0.05) is 60.7 Å². The summed E-state index contributed by atoms with van der Waals surface area (Å²) in [5.74, 6) is -0.159. The number of carbonyl (C=O) groups excluding carboxylic acids is 2. The molecule has 0 aliphatic carbocycles. The second kappa shape index (κ2) is 10.9. The van der Waals surface area contributed by atoms with Gasteiger partial charge >= 0.3 is 5.97 Å². The number of esters is 1. The normalized spacial score (nSPS) is 14.9. The number of nitrogens with one attached hydrogen (secondary N) is 1.